The standard InChI is InChI=1S/C24H16ClN7O4S/c1-13-2-4-15(5-3-13)22-26-24-30(27-22)23-21(37-24)20(14-6-8-16(25)9-7-14)29(28-23)18-11-10-17(31(33)34)12-19(18)32(35)36/h2-12,20-21H,1H3. The van der Waals surface area contributed by atoms with Gasteiger partial charge in [-0.1, -0.05) is 65.3 Å². The molecule has 3 aromatic carbocycles. The fourth-order valence-electron chi connectivity index (χ4n) is 4.39. The van der Waals surface area contributed by atoms with Gasteiger partial charge in [0.2, 0.25) is 0 Å². The summed E-state index contributed by atoms with van der Waals surface area (Å²) in [6, 6.07) is 18.1. The Morgan fingerprint density at radius 1 is 0.973 bits per heavy atom. The number of benzene rings is 3. The average molecular weight is 534 g/mol. The highest BCUT2D eigenvalue weighted by Gasteiger charge is 2.48. The van der Waals surface area contributed by atoms with E-state index in [4.69, 9.17) is 21.7 Å². The summed E-state index contributed by atoms with van der Waals surface area (Å²) < 4.78 is 1.66. The molecule has 4 aromatic rings. The van der Waals surface area contributed by atoms with Crippen LogP contribution in [0.25, 0.3) is 11.4 Å². The van der Waals surface area contributed by atoms with E-state index < -0.39 is 21.6 Å². The number of hydrazone groups is 1. The molecule has 0 aliphatic carbocycles. The number of fused-ring (bicyclic) bond motifs is 3. The van der Waals surface area contributed by atoms with Gasteiger partial charge in [0.15, 0.2) is 16.8 Å². The van der Waals surface area contributed by atoms with E-state index in [-0.39, 0.29) is 16.6 Å². The second-order valence-corrected chi connectivity index (χ2v) is 10.1. The van der Waals surface area contributed by atoms with Crippen LogP contribution in [-0.2, 0) is 0 Å². The molecule has 0 amide bonds. The maximum Gasteiger partial charge on any atom is 0.301 e. The van der Waals surface area contributed by atoms with Crippen molar-refractivity contribution >= 4 is 46.3 Å². The Labute approximate surface area is 218 Å². The first-order valence-electron chi connectivity index (χ1n) is 11.1. The number of aryl methyl sites for hydroxylation is 1. The quantitative estimate of drug-likeness (QED) is 0.238. The number of thioether (sulfide) groups is 1. The zero-order valence-electron chi connectivity index (χ0n) is 19.1. The third-order valence-corrected chi connectivity index (χ3v) is 7.63. The maximum atomic E-state index is 11.9. The zero-order chi connectivity index (χ0) is 25.8. The maximum absolute atomic E-state index is 11.9. The van der Waals surface area contributed by atoms with E-state index in [0.717, 1.165) is 22.8 Å². The Hall–Kier alpha value is -4.29. The summed E-state index contributed by atoms with van der Waals surface area (Å²) in [5.74, 6) is 1.12. The number of nitro benzene ring substituents is 2. The monoisotopic (exact) mass is 533 g/mol. The lowest BCUT2D eigenvalue weighted by Gasteiger charge is -2.26. The summed E-state index contributed by atoms with van der Waals surface area (Å²) in [5, 5.41) is 35.1. The summed E-state index contributed by atoms with van der Waals surface area (Å²) >= 11 is 7.57. The van der Waals surface area contributed by atoms with Crippen LogP contribution >= 0.6 is 23.4 Å². The van der Waals surface area contributed by atoms with Crippen LogP contribution in [0.5, 0.6) is 0 Å². The van der Waals surface area contributed by atoms with Gasteiger partial charge in [0.05, 0.1) is 22.0 Å². The van der Waals surface area contributed by atoms with Crippen LogP contribution in [0.15, 0.2) is 77.0 Å². The number of non-ortho nitro benzene ring substituents is 1. The van der Waals surface area contributed by atoms with Crippen molar-refractivity contribution in [3.63, 3.8) is 0 Å². The summed E-state index contributed by atoms with van der Waals surface area (Å²) in [7, 11) is 0. The molecule has 2 aliphatic rings. The molecule has 184 valence electrons. The van der Waals surface area contributed by atoms with E-state index in [1.54, 1.807) is 16.8 Å². The highest BCUT2D eigenvalue weighted by molar-refractivity contribution is 8.01. The third-order valence-electron chi connectivity index (χ3n) is 6.18. The van der Waals surface area contributed by atoms with Crippen molar-refractivity contribution in [1.82, 2.24) is 14.8 Å². The van der Waals surface area contributed by atoms with Crippen LogP contribution in [0.3, 0.4) is 0 Å². The van der Waals surface area contributed by atoms with Gasteiger partial charge in [-0.2, -0.15) is 9.78 Å². The number of nitrogens with zero attached hydrogens (tertiary/aromatic N) is 7. The van der Waals surface area contributed by atoms with Crippen molar-refractivity contribution in [3.8, 4) is 11.4 Å². The topological polar surface area (TPSA) is 133 Å². The van der Waals surface area contributed by atoms with Crippen LogP contribution in [0.2, 0.25) is 5.02 Å². The van der Waals surface area contributed by atoms with Crippen molar-refractivity contribution in [2.45, 2.75) is 23.4 Å². The molecule has 0 radical (unpaired) electrons. The normalized spacial score (nSPS) is 17.9. The van der Waals surface area contributed by atoms with Gasteiger partial charge in [-0.3, -0.25) is 20.2 Å². The van der Waals surface area contributed by atoms with Gasteiger partial charge in [-0.25, -0.2) is 9.99 Å². The molecule has 0 spiro atoms. The Bertz CT molecular complexity index is 1600. The van der Waals surface area contributed by atoms with E-state index in [0.29, 0.717) is 21.8 Å². The van der Waals surface area contributed by atoms with Gasteiger partial charge in [-0.05, 0) is 30.7 Å². The molecule has 0 fully saturated rings. The van der Waals surface area contributed by atoms with E-state index in [9.17, 15) is 20.2 Å². The zero-order valence-corrected chi connectivity index (χ0v) is 20.6. The summed E-state index contributed by atoms with van der Waals surface area (Å²) in [5.41, 5.74) is 2.15. The number of hydrogen-bond donors (Lipinski definition) is 0. The van der Waals surface area contributed by atoms with Gasteiger partial charge in [0.25, 0.3) is 5.69 Å². The number of rotatable bonds is 5. The van der Waals surface area contributed by atoms with E-state index in [1.807, 2.05) is 43.3 Å². The molecular formula is C24H16ClN7O4S. The van der Waals surface area contributed by atoms with E-state index >= 15 is 0 Å². The van der Waals surface area contributed by atoms with Gasteiger partial charge in [0, 0.05) is 16.7 Å². The third kappa shape index (κ3) is 3.90. The van der Waals surface area contributed by atoms with Gasteiger partial charge >= 0.3 is 5.69 Å². The summed E-state index contributed by atoms with van der Waals surface area (Å²) in [4.78, 5) is 26.6. The fourth-order valence-corrected chi connectivity index (χ4v) is 5.77. The molecule has 37 heavy (non-hydrogen) atoms. The van der Waals surface area contributed by atoms with E-state index in [2.05, 4.69) is 5.10 Å². The molecule has 2 aliphatic heterocycles. The van der Waals surface area contributed by atoms with Gasteiger partial charge in [0.1, 0.15) is 10.9 Å². The van der Waals surface area contributed by atoms with Crippen LogP contribution in [0.4, 0.5) is 17.1 Å². The smallest absolute Gasteiger partial charge is 0.258 e. The molecule has 2 atom stereocenters. The van der Waals surface area contributed by atoms with Crippen molar-refractivity contribution < 1.29 is 9.85 Å². The number of hydrogen-bond acceptors (Lipinski definition) is 9. The Morgan fingerprint density at radius 2 is 1.70 bits per heavy atom. The highest BCUT2D eigenvalue weighted by atomic mass is 35.5. The first-order chi connectivity index (χ1) is 17.8. The molecule has 3 heterocycles. The lowest BCUT2D eigenvalue weighted by Crippen LogP contribution is -2.27. The number of anilines is 1. The van der Waals surface area contributed by atoms with Crippen LogP contribution in [-0.4, -0.2) is 35.7 Å². The molecule has 0 saturated carbocycles. The molecule has 2 unspecified atom stereocenters. The number of nitro groups is 2. The van der Waals surface area contributed by atoms with Crippen LogP contribution < -0.4 is 5.01 Å². The molecule has 6 rings (SSSR count). The van der Waals surface area contributed by atoms with Crippen LogP contribution in [0.1, 0.15) is 17.2 Å². The first kappa shape index (κ1) is 23.1. The summed E-state index contributed by atoms with van der Waals surface area (Å²) in [6.45, 7) is 2.00. The first-order valence-corrected chi connectivity index (χ1v) is 12.3. The van der Waals surface area contributed by atoms with Gasteiger partial charge < -0.3 is 0 Å². The lowest BCUT2D eigenvalue weighted by atomic mass is 10.0. The number of aromatic nitrogens is 3. The predicted octanol–water partition coefficient (Wildman–Crippen LogP) is 5.62. The molecule has 0 saturated heterocycles. The minimum absolute atomic E-state index is 0.137. The second-order valence-electron chi connectivity index (χ2n) is 8.52. The largest absolute Gasteiger partial charge is 0.301 e. The SMILES string of the molecule is Cc1ccc(-c2nc3n(n2)C2=NN(c4ccc([N+](=O)[O-])cc4[N+](=O)[O-])C(c4ccc(Cl)cc4)C2S3)cc1. The van der Waals surface area contributed by atoms with Crippen molar-refractivity contribution in [2.75, 3.05) is 5.01 Å². The Balaban J connectivity index is 1.48. The molecule has 0 bridgehead atoms. The van der Waals surface area contributed by atoms with Gasteiger partial charge in [-0.15, -0.1) is 5.10 Å². The Morgan fingerprint density at radius 3 is 2.38 bits per heavy atom. The second kappa shape index (κ2) is 8.68. The fraction of sp³-hybridized carbons (Fsp3) is 0.125. The minimum Gasteiger partial charge on any atom is -0.258 e. The molecule has 1 aromatic heterocycles. The Kier molecular flexibility index (Phi) is 5.42. The molecular weight excluding hydrogens is 518 g/mol. The van der Waals surface area contributed by atoms with Crippen molar-refractivity contribution in [1.29, 1.82) is 0 Å². The average Bonchev–Trinajstić information content (AvgIpc) is 3.54. The van der Waals surface area contributed by atoms with Crippen molar-refractivity contribution in [3.05, 3.63) is 103 Å². The predicted molar refractivity (Wildman–Crippen MR) is 139 cm³/mol. The molecule has 0 N–H and O–H groups in total. The van der Waals surface area contributed by atoms with Crippen LogP contribution in [0, 0.1) is 27.2 Å². The number of halogens is 1. The van der Waals surface area contributed by atoms with E-state index in [1.165, 1.54) is 28.9 Å². The lowest BCUT2D eigenvalue weighted by molar-refractivity contribution is -0.393. The highest BCUT2D eigenvalue weighted by Crippen LogP contribution is 2.49. The minimum atomic E-state index is -0.664. The summed E-state index contributed by atoms with van der Waals surface area (Å²) in [6.07, 6.45) is 0. The molecule has 13 heteroatoms. The molecule has 11 nitrogen and oxygen atoms in total. The van der Waals surface area contributed by atoms with Crippen molar-refractivity contribution in [2.24, 2.45) is 5.10 Å².